The van der Waals surface area contributed by atoms with Gasteiger partial charge in [-0.15, -0.1) is 0 Å². The third kappa shape index (κ3) is 4.97. The highest BCUT2D eigenvalue weighted by Crippen LogP contribution is 2.24. The summed E-state index contributed by atoms with van der Waals surface area (Å²) >= 11 is 0. The smallest absolute Gasteiger partial charge is 0.408 e. The highest BCUT2D eigenvalue weighted by molar-refractivity contribution is 5.94. The lowest BCUT2D eigenvalue weighted by Crippen LogP contribution is -2.57. The van der Waals surface area contributed by atoms with E-state index < -0.39 is 23.2 Å². The molecule has 0 radical (unpaired) electrons. The number of carbonyl (C=O) groups excluding carboxylic acids is 2. The van der Waals surface area contributed by atoms with Crippen LogP contribution in [0.1, 0.15) is 47.5 Å². The zero-order valence-corrected chi connectivity index (χ0v) is 14.4. The summed E-state index contributed by atoms with van der Waals surface area (Å²) in [6.45, 7) is 8.92. The molecule has 1 aliphatic rings. The zero-order valence-electron chi connectivity index (χ0n) is 14.4. The molecule has 7 heteroatoms. The molecule has 1 aliphatic heterocycles. The number of aliphatic carboxylic acids is 1. The quantitative estimate of drug-likeness (QED) is 0.770. The zero-order chi connectivity index (χ0) is 17.8. The summed E-state index contributed by atoms with van der Waals surface area (Å²) in [7, 11) is 0. The van der Waals surface area contributed by atoms with Crippen LogP contribution in [0.5, 0.6) is 0 Å². The molecule has 1 heterocycles. The van der Waals surface area contributed by atoms with E-state index in [1.54, 1.807) is 33.8 Å². The van der Waals surface area contributed by atoms with Crippen molar-refractivity contribution in [3.63, 3.8) is 0 Å². The van der Waals surface area contributed by atoms with E-state index in [9.17, 15) is 19.5 Å². The van der Waals surface area contributed by atoms with Crippen LogP contribution in [0.25, 0.3) is 0 Å². The van der Waals surface area contributed by atoms with E-state index in [-0.39, 0.29) is 25.4 Å². The van der Waals surface area contributed by atoms with E-state index >= 15 is 0 Å². The van der Waals surface area contributed by atoms with Crippen LogP contribution in [-0.2, 0) is 14.3 Å². The summed E-state index contributed by atoms with van der Waals surface area (Å²) < 4.78 is 5.13. The van der Waals surface area contributed by atoms with Crippen molar-refractivity contribution >= 4 is 18.0 Å². The van der Waals surface area contributed by atoms with E-state index in [0.29, 0.717) is 5.57 Å². The molecule has 0 spiro atoms. The first kappa shape index (κ1) is 19.0. The molecule has 1 fully saturated rings. The van der Waals surface area contributed by atoms with Crippen molar-refractivity contribution in [2.75, 3.05) is 13.1 Å². The highest BCUT2D eigenvalue weighted by atomic mass is 16.6. The van der Waals surface area contributed by atoms with Gasteiger partial charge in [-0.1, -0.05) is 13.0 Å². The molecule has 1 rings (SSSR count). The lowest BCUT2D eigenvalue weighted by Gasteiger charge is -2.28. The fourth-order valence-corrected chi connectivity index (χ4v) is 2.46. The van der Waals surface area contributed by atoms with Gasteiger partial charge in [0.1, 0.15) is 5.60 Å². The van der Waals surface area contributed by atoms with Gasteiger partial charge in [-0.25, -0.2) is 9.59 Å². The number of hydrogen-bond donors (Lipinski definition) is 2. The molecule has 0 aromatic heterocycles. The monoisotopic (exact) mass is 326 g/mol. The summed E-state index contributed by atoms with van der Waals surface area (Å²) in [6, 6.07) is 0. The lowest BCUT2D eigenvalue weighted by atomic mass is 9.99. The number of amides is 2. The fourth-order valence-electron chi connectivity index (χ4n) is 2.46. The number of likely N-dealkylation sites (tertiary alicyclic amines) is 1. The van der Waals surface area contributed by atoms with Gasteiger partial charge in [0, 0.05) is 18.5 Å². The van der Waals surface area contributed by atoms with E-state index in [0.717, 1.165) is 6.42 Å². The van der Waals surface area contributed by atoms with Crippen LogP contribution in [-0.4, -0.2) is 52.2 Å². The predicted molar refractivity (Wildman–Crippen MR) is 85.0 cm³/mol. The maximum absolute atomic E-state index is 12.3. The number of ether oxygens (including phenoxy) is 1. The van der Waals surface area contributed by atoms with Gasteiger partial charge in [-0.2, -0.15) is 0 Å². The topological polar surface area (TPSA) is 95.9 Å². The third-order valence-electron chi connectivity index (χ3n) is 3.55. The average Bonchev–Trinajstić information content (AvgIpc) is 2.81. The molecule has 2 N–H and O–H groups in total. The van der Waals surface area contributed by atoms with Crippen molar-refractivity contribution in [1.29, 1.82) is 0 Å². The van der Waals surface area contributed by atoms with Crippen LogP contribution in [0.2, 0.25) is 0 Å². The number of hydrogen-bond acceptors (Lipinski definition) is 4. The van der Waals surface area contributed by atoms with Crippen molar-refractivity contribution in [3.05, 3.63) is 11.6 Å². The Morgan fingerprint density at radius 2 is 1.96 bits per heavy atom. The molecular formula is C16H26N2O5. The Morgan fingerprint density at radius 1 is 1.35 bits per heavy atom. The fraction of sp³-hybridized carbons (Fsp3) is 0.688. The van der Waals surface area contributed by atoms with Crippen LogP contribution in [0.3, 0.4) is 0 Å². The molecule has 23 heavy (non-hydrogen) atoms. The first-order valence-electron chi connectivity index (χ1n) is 7.71. The van der Waals surface area contributed by atoms with E-state index in [4.69, 9.17) is 4.74 Å². The summed E-state index contributed by atoms with van der Waals surface area (Å²) in [5, 5.41) is 12.0. The molecule has 0 aromatic carbocycles. The first-order valence-corrected chi connectivity index (χ1v) is 7.71. The van der Waals surface area contributed by atoms with Crippen molar-refractivity contribution in [3.8, 4) is 0 Å². The first-order chi connectivity index (χ1) is 10.5. The number of carboxylic acids is 1. The molecular weight excluding hydrogens is 300 g/mol. The molecule has 0 aromatic rings. The Kier molecular flexibility index (Phi) is 5.80. The molecule has 1 atom stereocenters. The van der Waals surface area contributed by atoms with Crippen LogP contribution >= 0.6 is 0 Å². The number of rotatable bonds is 4. The Morgan fingerprint density at radius 3 is 2.43 bits per heavy atom. The van der Waals surface area contributed by atoms with Gasteiger partial charge < -0.3 is 20.1 Å². The molecule has 1 unspecified atom stereocenters. The van der Waals surface area contributed by atoms with Crippen molar-refractivity contribution < 1.29 is 24.2 Å². The van der Waals surface area contributed by atoms with Crippen LogP contribution in [0.15, 0.2) is 11.6 Å². The van der Waals surface area contributed by atoms with Gasteiger partial charge >= 0.3 is 12.1 Å². The standard InChI is InChI=1S/C16H26N2O5/c1-6-7-11(2)12(19)18-9-8-16(10-18,13(20)21)17-14(22)23-15(3,4)5/h7H,6,8-10H2,1-5H3,(H,17,22)(H,20,21)/b11-7-. The van der Waals surface area contributed by atoms with Gasteiger partial charge in [-0.3, -0.25) is 4.79 Å². The van der Waals surface area contributed by atoms with E-state index in [2.05, 4.69) is 5.32 Å². The molecule has 0 bridgehead atoms. The second-order valence-electron chi connectivity index (χ2n) is 6.79. The number of alkyl carbamates (subject to hydrolysis) is 1. The van der Waals surface area contributed by atoms with Crippen LogP contribution in [0, 0.1) is 0 Å². The third-order valence-corrected chi connectivity index (χ3v) is 3.55. The normalized spacial score (nSPS) is 22.0. The lowest BCUT2D eigenvalue weighted by molar-refractivity contribution is -0.144. The minimum Gasteiger partial charge on any atom is -0.479 e. The summed E-state index contributed by atoms with van der Waals surface area (Å²) in [5.74, 6) is -1.38. The average molecular weight is 326 g/mol. The Balaban J connectivity index is 2.85. The molecule has 0 saturated carbocycles. The second-order valence-corrected chi connectivity index (χ2v) is 6.79. The van der Waals surface area contributed by atoms with Gasteiger partial charge in [0.25, 0.3) is 0 Å². The highest BCUT2D eigenvalue weighted by Gasteiger charge is 2.48. The number of carboxylic acid groups (broad SMARTS) is 1. The Hall–Kier alpha value is -2.05. The number of nitrogens with one attached hydrogen (secondary N) is 1. The minimum atomic E-state index is -1.51. The number of nitrogens with zero attached hydrogens (tertiary/aromatic N) is 1. The van der Waals surface area contributed by atoms with E-state index in [1.807, 2.05) is 6.92 Å². The minimum absolute atomic E-state index is 0.0741. The van der Waals surface area contributed by atoms with Crippen LogP contribution < -0.4 is 5.32 Å². The Bertz CT molecular complexity index is 521. The molecule has 130 valence electrons. The predicted octanol–water partition coefficient (Wildman–Crippen LogP) is 1.92. The number of carbonyl (C=O) groups is 3. The van der Waals surface area contributed by atoms with Crippen molar-refractivity contribution in [2.45, 2.75) is 58.6 Å². The van der Waals surface area contributed by atoms with Crippen LogP contribution in [0.4, 0.5) is 4.79 Å². The maximum atomic E-state index is 12.3. The van der Waals surface area contributed by atoms with Gasteiger partial charge in [-0.05, 0) is 34.1 Å². The molecule has 1 saturated heterocycles. The Labute approximate surface area is 136 Å². The van der Waals surface area contributed by atoms with Crippen molar-refractivity contribution in [2.24, 2.45) is 0 Å². The SMILES string of the molecule is CC/C=C(/C)C(=O)N1CCC(NC(=O)OC(C)(C)C)(C(=O)O)C1. The molecule has 0 aliphatic carbocycles. The largest absolute Gasteiger partial charge is 0.479 e. The maximum Gasteiger partial charge on any atom is 0.408 e. The number of allylic oxidation sites excluding steroid dienone is 1. The summed E-state index contributed by atoms with van der Waals surface area (Å²) in [4.78, 5) is 37.3. The van der Waals surface area contributed by atoms with Gasteiger partial charge in [0.2, 0.25) is 5.91 Å². The van der Waals surface area contributed by atoms with Crippen molar-refractivity contribution in [1.82, 2.24) is 10.2 Å². The second kappa shape index (κ2) is 7.02. The van der Waals surface area contributed by atoms with E-state index in [1.165, 1.54) is 4.90 Å². The molecule has 2 amide bonds. The van der Waals surface area contributed by atoms with Gasteiger partial charge in [0.15, 0.2) is 5.54 Å². The summed E-state index contributed by atoms with van der Waals surface area (Å²) in [6.07, 6.45) is 1.87. The molecule has 7 nitrogen and oxygen atoms in total. The summed E-state index contributed by atoms with van der Waals surface area (Å²) in [5.41, 5.74) is -1.66. The van der Waals surface area contributed by atoms with Gasteiger partial charge in [0.05, 0.1) is 6.54 Å².